The van der Waals surface area contributed by atoms with Crippen molar-refractivity contribution < 1.29 is 14.2 Å². The molecule has 0 aliphatic heterocycles. The van der Waals surface area contributed by atoms with Crippen LogP contribution in [0, 0.1) is 12.3 Å². The first-order chi connectivity index (χ1) is 16.2. The van der Waals surface area contributed by atoms with Gasteiger partial charge in [-0.1, -0.05) is 66.6 Å². The minimum atomic E-state index is 0.385. The van der Waals surface area contributed by atoms with Crippen molar-refractivity contribution in [2.24, 2.45) is 0 Å². The Labute approximate surface area is 194 Å². The predicted octanol–water partition coefficient (Wildman–Crippen LogP) is 6.29. The van der Waals surface area contributed by atoms with Crippen LogP contribution in [0.2, 0.25) is 0 Å². The number of aromatic nitrogens is 1. The Morgan fingerprint density at radius 3 is 2.06 bits per heavy atom. The molecule has 4 rings (SSSR count). The Morgan fingerprint density at radius 1 is 0.758 bits per heavy atom. The van der Waals surface area contributed by atoms with Crippen LogP contribution in [0.4, 0.5) is 0 Å². The number of hydrogen-bond donors (Lipinski definition) is 0. The quantitative estimate of drug-likeness (QED) is 0.290. The molecule has 0 atom stereocenters. The zero-order chi connectivity index (χ0) is 22.9. The van der Waals surface area contributed by atoms with Crippen molar-refractivity contribution >= 4 is 0 Å². The van der Waals surface area contributed by atoms with Gasteiger partial charge in [0.2, 0.25) is 11.8 Å². The molecule has 0 aliphatic rings. The molecule has 0 unspecified atom stereocenters. The number of nitrogens with zero attached hydrogens (tertiary/aromatic N) is 1. The first kappa shape index (κ1) is 22.0. The van der Waals surface area contributed by atoms with E-state index in [1.807, 2.05) is 97.9 Å². The summed E-state index contributed by atoms with van der Waals surface area (Å²) >= 11 is 0. The molecule has 1 aromatic heterocycles. The van der Waals surface area contributed by atoms with Crippen molar-refractivity contribution in [3.63, 3.8) is 0 Å². The highest BCUT2D eigenvalue weighted by Crippen LogP contribution is 2.34. The lowest BCUT2D eigenvalue weighted by molar-refractivity contribution is 0.268. The molecule has 0 N–H and O–H groups in total. The number of rotatable bonds is 9. The van der Waals surface area contributed by atoms with Gasteiger partial charge >= 0.3 is 0 Å². The van der Waals surface area contributed by atoms with Gasteiger partial charge < -0.3 is 14.2 Å². The maximum absolute atomic E-state index is 6.16. The third kappa shape index (κ3) is 5.93. The zero-order valence-electron chi connectivity index (χ0n) is 18.5. The molecule has 4 heteroatoms. The van der Waals surface area contributed by atoms with Crippen molar-refractivity contribution in [2.45, 2.75) is 20.1 Å². The van der Waals surface area contributed by atoms with Crippen molar-refractivity contribution in [1.82, 2.24) is 4.98 Å². The summed E-state index contributed by atoms with van der Waals surface area (Å²) < 4.78 is 17.8. The van der Waals surface area contributed by atoms with Gasteiger partial charge in [-0.05, 0) is 47.9 Å². The van der Waals surface area contributed by atoms with E-state index in [0.717, 1.165) is 27.8 Å². The van der Waals surface area contributed by atoms with Gasteiger partial charge in [-0.3, -0.25) is 0 Å². The summed E-state index contributed by atoms with van der Waals surface area (Å²) in [6.45, 7) is 3.30. The first-order valence-corrected chi connectivity index (χ1v) is 10.8. The van der Waals surface area contributed by atoms with Gasteiger partial charge in [-0.25, -0.2) is 0 Å². The van der Waals surface area contributed by atoms with Gasteiger partial charge in [0.05, 0.1) is 6.61 Å². The highest BCUT2D eigenvalue weighted by atomic mass is 16.5. The van der Waals surface area contributed by atoms with Crippen LogP contribution in [-0.4, -0.2) is 11.6 Å². The number of pyridine rings is 1. The lowest BCUT2D eigenvalue weighted by Gasteiger charge is -2.14. The Bertz CT molecular complexity index is 1230. The van der Waals surface area contributed by atoms with Crippen LogP contribution in [0.3, 0.4) is 0 Å². The summed E-state index contributed by atoms with van der Waals surface area (Å²) in [5.74, 6) is 4.37. The number of hydrogen-bond acceptors (Lipinski definition) is 4. The molecular formula is C29H25NO3. The molecule has 33 heavy (non-hydrogen) atoms. The second-order valence-electron chi connectivity index (χ2n) is 7.37. The molecule has 1 heterocycles. The number of ether oxygens (including phenoxy) is 3. The van der Waals surface area contributed by atoms with Gasteiger partial charge in [-0.15, -0.1) is 6.42 Å². The second-order valence-corrected chi connectivity index (χ2v) is 7.37. The van der Waals surface area contributed by atoms with Gasteiger partial charge in [0.25, 0.3) is 0 Å². The summed E-state index contributed by atoms with van der Waals surface area (Å²) in [5, 5.41) is 0. The summed E-state index contributed by atoms with van der Waals surface area (Å²) in [7, 11) is 0. The van der Waals surface area contributed by atoms with E-state index in [9.17, 15) is 0 Å². The third-order valence-electron chi connectivity index (χ3n) is 4.98. The molecule has 0 radical (unpaired) electrons. The van der Waals surface area contributed by atoms with Crippen LogP contribution in [0.25, 0.3) is 11.1 Å². The van der Waals surface area contributed by atoms with Crippen LogP contribution < -0.4 is 14.2 Å². The summed E-state index contributed by atoms with van der Waals surface area (Å²) in [6.07, 6.45) is 5.68. The molecule has 3 aromatic carbocycles. The fourth-order valence-electron chi connectivity index (χ4n) is 3.38. The molecule has 4 aromatic rings. The second kappa shape index (κ2) is 10.9. The molecule has 0 spiro atoms. The zero-order valence-corrected chi connectivity index (χ0v) is 18.5. The Morgan fingerprint density at radius 2 is 1.42 bits per heavy atom. The van der Waals surface area contributed by atoms with E-state index in [1.54, 1.807) is 0 Å². The smallest absolute Gasteiger partial charge is 0.225 e. The van der Waals surface area contributed by atoms with Gasteiger partial charge in [0.1, 0.15) is 19.0 Å². The fourth-order valence-corrected chi connectivity index (χ4v) is 3.38. The van der Waals surface area contributed by atoms with Crippen molar-refractivity contribution in [3.8, 4) is 41.0 Å². The Balaban J connectivity index is 1.66. The summed E-state index contributed by atoms with van der Waals surface area (Å²) in [6, 6.07) is 29.5. The average Bonchev–Trinajstić information content (AvgIpc) is 2.87. The van der Waals surface area contributed by atoms with Gasteiger partial charge in [-0.2, -0.15) is 4.98 Å². The summed E-state index contributed by atoms with van der Waals surface area (Å²) in [5.41, 5.74) is 4.54. The monoisotopic (exact) mass is 435 g/mol. The van der Waals surface area contributed by atoms with Crippen LogP contribution in [0.5, 0.6) is 17.5 Å². The Kier molecular flexibility index (Phi) is 7.25. The van der Waals surface area contributed by atoms with Crippen molar-refractivity contribution in [1.29, 1.82) is 0 Å². The first-order valence-electron chi connectivity index (χ1n) is 10.8. The molecule has 0 saturated heterocycles. The predicted molar refractivity (Wildman–Crippen MR) is 130 cm³/mol. The largest absolute Gasteiger partial charge is 0.494 e. The molecule has 0 saturated carbocycles. The molecule has 0 bridgehead atoms. The topological polar surface area (TPSA) is 40.6 Å². The fraction of sp³-hybridized carbons (Fsp3) is 0.138. The third-order valence-corrected chi connectivity index (χ3v) is 4.98. The molecule has 0 amide bonds. The minimum Gasteiger partial charge on any atom is -0.494 e. The van der Waals surface area contributed by atoms with E-state index in [4.69, 9.17) is 20.6 Å². The Hall–Kier alpha value is -4.23. The van der Waals surface area contributed by atoms with E-state index in [2.05, 4.69) is 10.9 Å². The maximum atomic E-state index is 6.16. The normalized spacial score (nSPS) is 10.3. The summed E-state index contributed by atoms with van der Waals surface area (Å²) in [4.78, 5) is 4.67. The highest BCUT2D eigenvalue weighted by Gasteiger charge is 2.13. The lowest BCUT2D eigenvalue weighted by atomic mass is 10.0. The maximum Gasteiger partial charge on any atom is 0.225 e. The number of benzene rings is 3. The number of terminal acetylenes is 1. The SMILES string of the molecule is C#Cc1cc(OCC)cc(-c2ccc(OCc3ccccc3)nc2OCc2ccccc2)c1. The minimum absolute atomic E-state index is 0.385. The van der Waals surface area contributed by atoms with E-state index in [0.29, 0.717) is 37.3 Å². The molecule has 164 valence electrons. The standard InChI is InChI=1S/C29H25NO3/c1-3-22-17-25(19-26(18-22)31-4-2)27-15-16-28(32-20-23-11-7-5-8-12-23)30-29(27)33-21-24-13-9-6-10-14-24/h1,5-19H,4,20-21H2,2H3. The van der Waals surface area contributed by atoms with E-state index in [1.165, 1.54) is 0 Å². The molecule has 0 aliphatic carbocycles. The van der Waals surface area contributed by atoms with Crippen LogP contribution in [0.15, 0.2) is 91.0 Å². The van der Waals surface area contributed by atoms with E-state index >= 15 is 0 Å². The van der Waals surface area contributed by atoms with Crippen LogP contribution in [-0.2, 0) is 13.2 Å². The van der Waals surface area contributed by atoms with E-state index in [-0.39, 0.29) is 0 Å². The van der Waals surface area contributed by atoms with Crippen LogP contribution in [0.1, 0.15) is 23.6 Å². The molecule has 4 nitrogen and oxygen atoms in total. The molecule has 0 fully saturated rings. The van der Waals surface area contributed by atoms with Crippen molar-refractivity contribution in [3.05, 3.63) is 108 Å². The average molecular weight is 436 g/mol. The van der Waals surface area contributed by atoms with Gasteiger partial charge in [0.15, 0.2) is 0 Å². The van der Waals surface area contributed by atoms with Gasteiger partial charge in [0, 0.05) is 17.2 Å². The molecular weight excluding hydrogens is 410 g/mol. The van der Waals surface area contributed by atoms with E-state index < -0.39 is 0 Å². The highest BCUT2D eigenvalue weighted by molar-refractivity contribution is 5.72. The van der Waals surface area contributed by atoms with Crippen LogP contribution >= 0.6 is 0 Å². The lowest BCUT2D eigenvalue weighted by Crippen LogP contribution is -2.02. The van der Waals surface area contributed by atoms with Crippen molar-refractivity contribution in [2.75, 3.05) is 6.61 Å².